The summed E-state index contributed by atoms with van der Waals surface area (Å²) in [6.45, 7) is 0. The van der Waals surface area contributed by atoms with Gasteiger partial charge in [0.2, 0.25) is 0 Å². The number of anilines is 1. The lowest BCUT2D eigenvalue weighted by atomic mass is 10.3. The van der Waals surface area contributed by atoms with Crippen LogP contribution in [0.2, 0.25) is 0 Å². The second-order valence-corrected chi connectivity index (χ2v) is 5.41. The van der Waals surface area contributed by atoms with Gasteiger partial charge < -0.3 is 14.7 Å². The number of imidazole rings is 1. The van der Waals surface area contributed by atoms with E-state index in [0.717, 1.165) is 22.8 Å². The number of aromatic amines is 1. The Bertz CT molecular complexity index is 785. The molecule has 20 heavy (non-hydrogen) atoms. The molecule has 0 spiro atoms. The van der Waals surface area contributed by atoms with Gasteiger partial charge in [0.25, 0.3) is 0 Å². The van der Waals surface area contributed by atoms with Gasteiger partial charge in [0, 0.05) is 24.6 Å². The van der Waals surface area contributed by atoms with Crippen LogP contribution in [0.15, 0.2) is 51.7 Å². The summed E-state index contributed by atoms with van der Waals surface area (Å²) in [4.78, 5) is 3.15. The third-order valence-corrected chi connectivity index (χ3v) is 3.72. The first-order valence-corrected chi connectivity index (χ1v) is 7.23. The Balaban J connectivity index is 2.02. The first-order valence-electron chi connectivity index (χ1n) is 6.03. The van der Waals surface area contributed by atoms with Crippen LogP contribution in [0.3, 0.4) is 0 Å². The summed E-state index contributed by atoms with van der Waals surface area (Å²) in [6, 6.07) is 11.8. The Labute approximate surface area is 129 Å². The number of furan rings is 1. The van der Waals surface area contributed by atoms with Crippen LogP contribution in [-0.2, 0) is 0 Å². The van der Waals surface area contributed by atoms with E-state index in [2.05, 4.69) is 26.2 Å². The number of benzene rings is 1. The highest BCUT2D eigenvalue weighted by atomic mass is 79.9. The predicted molar refractivity (Wildman–Crippen MR) is 85.9 cm³/mol. The lowest BCUT2D eigenvalue weighted by Gasteiger charge is -2.04. The zero-order valence-electron chi connectivity index (χ0n) is 10.7. The van der Waals surface area contributed by atoms with Crippen LogP contribution in [0.25, 0.3) is 17.1 Å². The average molecular weight is 350 g/mol. The van der Waals surface area contributed by atoms with Crippen molar-refractivity contribution in [1.82, 2.24) is 9.55 Å². The fourth-order valence-corrected chi connectivity index (χ4v) is 2.53. The molecule has 0 atom stereocenters. The minimum atomic E-state index is 0.629. The Morgan fingerprint density at radius 1 is 1.20 bits per heavy atom. The molecule has 3 aromatic rings. The van der Waals surface area contributed by atoms with Gasteiger partial charge in [-0.1, -0.05) is 0 Å². The van der Waals surface area contributed by atoms with Crippen molar-refractivity contribution in [2.75, 3.05) is 12.4 Å². The lowest BCUT2D eigenvalue weighted by molar-refractivity contribution is 0.554. The number of hydrogen-bond donors (Lipinski definition) is 2. The van der Waals surface area contributed by atoms with Crippen LogP contribution in [0.5, 0.6) is 0 Å². The molecule has 0 radical (unpaired) electrons. The van der Waals surface area contributed by atoms with Crippen LogP contribution in [-0.4, -0.2) is 16.6 Å². The monoisotopic (exact) mass is 349 g/mol. The van der Waals surface area contributed by atoms with Crippen LogP contribution in [0.1, 0.15) is 0 Å². The third-order valence-electron chi connectivity index (χ3n) is 2.99. The van der Waals surface area contributed by atoms with E-state index in [1.807, 2.05) is 54.2 Å². The molecule has 3 rings (SSSR count). The Hall–Kier alpha value is -1.79. The maximum absolute atomic E-state index is 5.53. The van der Waals surface area contributed by atoms with Crippen molar-refractivity contribution in [3.05, 3.63) is 52.0 Å². The second-order valence-electron chi connectivity index (χ2n) is 4.24. The van der Waals surface area contributed by atoms with Crippen molar-refractivity contribution in [2.24, 2.45) is 0 Å². The zero-order chi connectivity index (χ0) is 14.1. The summed E-state index contributed by atoms with van der Waals surface area (Å²) in [5.41, 5.74) is 2.91. The topological polar surface area (TPSA) is 45.9 Å². The summed E-state index contributed by atoms with van der Waals surface area (Å²) in [6.07, 6.45) is 1.93. The maximum Gasteiger partial charge on any atom is 0.182 e. The van der Waals surface area contributed by atoms with Crippen LogP contribution >= 0.6 is 28.1 Å². The van der Waals surface area contributed by atoms with E-state index in [0.29, 0.717) is 9.44 Å². The molecule has 4 nitrogen and oxygen atoms in total. The standard InChI is InChI=1S/C14H12BrN3OS/c1-16-9-2-4-10(5-3-9)18-8-11(17-14(18)20)12-6-7-13(15)19-12/h2-8,16H,1H3,(H,17,20). The van der Waals surface area contributed by atoms with Crippen LogP contribution < -0.4 is 5.32 Å². The van der Waals surface area contributed by atoms with E-state index in [-0.39, 0.29) is 0 Å². The van der Waals surface area contributed by atoms with Gasteiger partial charge in [-0.2, -0.15) is 0 Å². The number of hydrogen-bond acceptors (Lipinski definition) is 3. The highest BCUT2D eigenvalue weighted by Gasteiger charge is 2.08. The Morgan fingerprint density at radius 3 is 2.55 bits per heavy atom. The van der Waals surface area contributed by atoms with E-state index < -0.39 is 0 Å². The summed E-state index contributed by atoms with van der Waals surface area (Å²) in [5.74, 6) is 0.744. The molecule has 2 N–H and O–H groups in total. The quantitative estimate of drug-likeness (QED) is 0.679. The smallest absolute Gasteiger partial charge is 0.182 e. The summed E-state index contributed by atoms with van der Waals surface area (Å²) in [5, 5.41) is 3.09. The fourth-order valence-electron chi connectivity index (χ4n) is 1.96. The van der Waals surface area contributed by atoms with Crippen molar-refractivity contribution in [2.45, 2.75) is 0 Å². The Kier molecular flexibility index (Phi) is 3.50. The molecule has 2 aromatic heterocycles. The number of aromatic nitrogens is 2. The number of H-pyrrole nitrogens is 1. The number of rotatable bonds is 3. The minimum Gasteiger partial charge on any atom is -0.448 e. The van der Waals surface area contributed by atoms with E-state index in [9.17, 15) is 0 Å². The molecule has 6 heteroatoms. The molecule has 0 fully saturated rings. The normalized spacial score (nSPS) is 10.7. The molecule has 0 aliphatic heterocycles. The van der Waals surface area contributed by atoms with Gasteiger partial charge in [-0.05, 0) is 64.5 Å². The maximum atomic E-state index is 5.53. The summed E-state index contributed by atoms with van der Waals surface area (Å²) >= 11 is 8.66. The molecule has 0 saturated heterocycles. The van der Waals surface area contributed by atoms with Crippen LogP contribution in [0.4, 0.5) is 5.69 Å². The van der Waals surface area contributed by atoms with Gasteiger partial charge in [-0.15, -0.1) is 0 Å². The van der Waals surface area contributed by atoms with Gasteiger partial charge in [0.1, 0.15) is 5.69 Å². The van der Waals surface area contributed by atoms with E-state index in [1.165, 1.54) is 0 Å². The predicted octanol–water partition coefficient (Wildman–Crippen LogP) is 4.60. The lowest BCUT2D eigenvalue weighted by Crippen LogP contribution is -1.93. The molecule has 0 unspecified atom stereocenters. The number of nitrogens with zero attached hydrogens (tertiary/aromatic N) is 1. The summed E-state index contributed by atoms with van der Waals surface area (Å²) in [7, 11) is 1.89. The van der Waals surface area contributed by atoms with E-state index >= 15 is 0 Å². The van der Waals surface area contributed by atoms with Crippen LogP contribution in [0, 0.1) is 4.77 Å². The second kappa shape index (κ2) is 5.30. The first kappa shape index (κ1) is 13.2. The Morgan fingerprint density at radius 2 is 1.95 bits per heavy atom. The third kappa shape index (κ3) is 2.44. The van der Waals surface area contributed by atoms with E-state index in [4.69, 9.17) is 16.6 Å². The SMILES string of the molecule is CNc1ccc(-n2cc(-c3ccc(Br)o3)[nH]c2=S)cc1. The van der Waals surface area contributed by atoms with Crippen molar-refractivity contribution in [3.63, 3.8) is 0 Å². The molecule has 102 valence electrons. The van der Waals surface area contributed by atoms with Crippen molar-refractivity contribution in [1.29, 1.82) is 0 Å². The molecule has 2 heterocycles. The van der Waals surface area contributed by atoms with E-state index in [1.54, 1.807) is 0 Å². The highest BCUT2D eigenvalue weighted by molar-refractivity contribution is 9.10. The average Bonchev–Trinajstić information content (AvgIpc) is 3.05. The number of halogens is 1. The molecule has 0 amide bonds. The summed E-state index contributed by atoms with van der Waals surface area (Å²) < 4.78 is 8.77. The largest absolute Gasteiger partial charge is 0.448 e. The van der Waals surface area contributed by atoms with Gasteiger partial charge >= 0.3 is 0 Å². The van der Waals surface area contributed by atoms with Crippen molar-refractivity contribution < 1.29 is 4.42 Å². The van der Waals surface area contributed by atoms with Crippen molar-refractivity contribution in [3.8, 4) is 17.1 Å². The zero-order valence-corrected chi connectivity index (χ0v) is 13.1. The van der Waals surface area contributed by atoms with Gasteiger partial charge in [0.05, 0.1) is 0 Å². The van der Waals surface area contributed by atoms with Gasteiger partial charge in [-0.25, -0.2) is 0 Å². The minimum absolute atomic E-state index is 0.629. The molecule has 1 aromatic carbocycles. The molecule has 0 bridgehead atoms. The fraction of sp³-hybridized carbons (Fsp3) is 0.0714. The number of nitrogens with one attached hydrogen (secondary N) is 2. The first-order chi connectivity index (χ1) is 9.67. The highest BCUT2D eigenvalue weighted by Crippen LogP contribution is 2.25. The van der Waals surface area contributed by atoms with Crippen molar-refractivity contribution >= 4 is 33.8 Å². The molecule has 0 aliphatic carbocycles. The van der Waals surface area contributed by atoms with Gasteiger partial charge in [-0.3, -0.25) is 4.57 Å². The molecular formula is C14H12BrN3OS. The molecular weight excluding hydrogens is 338 g/mol. The molecule has 0 aliphatic rings. The molecule has 0 saturated carbocycles. The van der Waals surface area contributed by atoms with Gasteiger partial charge in [0.15, 0.2) is 15.2 Å².